The van der Waals surface area contributed by atoms with Gasteiger partial charge >= 0.3 is 0 Å². The Hall–Kier alpha value is -3.61. The van der Waals surface area contributed by atoms with E-state index in [0.29, 0.717) is 11.3 Å². The van der Waals surface area contributed by atoms with Crippen LogP contribution in [0.25, 0.3) is 0 Å². The van der Waals surface area contributed by atoms with Crippen molar-refractivity contribution in [2.24, 2.45) is 5.14 Å². The molecule has 0 unspecified atom stereocenters. The minimum Gasteiger partial charge on any atom is -0.497 e. The maximum Gasteiger partial charge on any atom is 0.268 e. The number of rotatable bonds is 9. The van der Waals surface area contributed by atoms with Gasteiger partial charge in [-0.25, -0.2) is 22.0 Å². The maximum absolute atomic E-state index is 13.7. The molecule has 1 amide bonds. The van der Waals surface area contributed by atoms with Gasteiger partial charge in [-0.2, -0.15) is 0 Å². The summed E-state index contributed by atoms with van der Waals surface area (Å²) in [4.78, 5) is 12.7. The number of nitrogens with two attached hydrogens (primary N) is 1. The Kier molecular flexibility index (Phi) is 7.68. The molecule has 3 aromatic carbocycles. The number of methoxy groups -OCH3 is 2. The van der Waals surface area contributed by atoms with Crippen LogP contribution >= 0.6 is 0 Å². The van der Waals surface area contributed by atoms with Crippen molar-refractivity contribution in [1.29, 1.82) is 0 Å². The number of hydrogen-bond acceptors (Lipinski definition) is 7. The number of carbonyl (C=O) groups excluding carboxylic acids is 1. The molecule has 3 rings (SSSR count). The van der Waals surface area contributed by atoms with Crippen molar-refractivity contribution in [2.75, 3.05) is 30.4 Å². The number of sulfonamides is 2. The Morgan fingerprint density at radius 3 is 2.09 bits per heavy atom. The highest BCUT2D eigenvalue weighted by atomic mass is 32.2. The van der Waals surface area contributed by atoms with Gasteiger partial charge < -0.3 is 14.8 Å². The van der Waals surface area contributed by atoms with Crippen molar-refractivity contribution >= 4 is 37.3 Å². The standard InChI is InChI=1S/C23H25N3O7S2/c1-16-4-13-21(33-3)22(14-16)35(30,31)26(18-7-9-19(32-2)10-8-18)15-23(27)25-17-5-11-20(12-6-17)34(24,28)29/h4-14H,15H2,1-3H3,(H,25,27)(H2,24,28,29). The highest BCUT2D eigenvalue weighted by Gasteiger charge is 2.30. The lowest BCUT2D eigenvalue weighted by molar-refractivity contribution is -0.114. The van der Waals surface area contributed by atoms with E-state index in [1.165, 1.54) is 56.7 Å². The van der Waals surface area contributed by atoms with Crippen LogP contribution in [0.15, 0.2) is 76.5 Å². The number of aryl methyl sites for hydroxylation is 1. The quantitative estimate of drug-likeness (QED) is 0.442. The van der Waals surface area contributed by atoms with Crippen LogP contribution in [0.2, 0.25) is 0 Å². The molecule has 35 heavy (non-hydrogen) atoms. The molecule has 0 saturated carbocycles. The predicted molar refractivity (Wildman–Crippen MR) is 132 cm³/mol. The van der Waals surface area contributed by atoms with E-state index in [0.717, 1.165) is 4.31 Å². The molecular weight excluding hydrogens is 494 g/mol. The number of anilines is 2. The topological polar surface area (TPSA) is 145 Å². The zero-order valence-corrected chi connectivity index (χ0v) is 20.9. The molecule has 3 aromatic rings. The lowest BCUT2D eigenvalue weighted by atomic mass is 10.2. The van der Waals surface area contributed by atoms with E-state index < -0.39 is 32.5 Å². The van der Waals surface area contributed by atoms with E-state index in [1.54, 1.807) is 31.2 Å². The number of carbonyl (C=O) groups is 1. The first-order valence-corrected chi connectivity index (χ1v) is 13.2. The Balaban J connectivity index is 1.97. The van der Waals surface area contributed by atoms with Crippen molar-refractivity contribution in [3.05, 3.63) is 72.3 Å². The molecule has 0 fully saturated rings. The highest BCUT2D eigenvalue weighted by molar-refractivity contribution is 7.93. The summed E-state index contributed by atoms with van der Waals surface area (Å²) in [6, 6.07) is 16.1. The summed E-state index contributed by atoms with van der Waals surface area (Å²) >= 11 is 0. The number of ether oxygens (including phenoxy) is 2. The smallest absolute Gasteiger partial charge is 0.268 e. The van der Waals surface area contributed by atoms with Crippen LogP contribution in [-0.4, -0.2) is 43.5 Å². The first kappa shape index (κ1) is 26.0. The molecule has 0 saturated heterocycles. The second-order valence-electron chi connectivity index (χ2n) is 7.48. The molecule has 0 aliphatic carbocycles. The lowest BCUT2D eigenvalue weighted by Gasteiger charge is -2.25. The van der Waals surface area contributed by atoms with Crippen molar-refractivity contribution in [3.8, 4) is 11.5 Å². The molecule has 10 nitrogen and oxygen atoms in total. The lowest BCUT2D eigenvalue weighted by Crippen LogP contribution is -2.38. The van der Waals surface area contributed by atoms with Crippen LogP contribution in [0, 0.1) is 6.92 Å². The molecular formula is C23H25N3O7S2. The minimum atomic E-state index is -4.24. The summed E-state index contributed by atoms with van der Waals surface area (Å²) in [6.45, 7) is 1.18. The van der Waals surface area contributed by atoms with E-state index in [-0.39, 0.29) is 26.9 Å². The Bertz CT molecular complexity index is 1420. The first-order chi connectivity index (χ1) is 16.5. The van der Waals surface area contributed by atoms with Gasteiger partial charge in [0.15, 0.2) is 0 Å². The molecule has 0 radical (unpaired) electrons. The molecule has 0 atom stereocenters. The zero-order chi connectivity index (χ0) is 25.8. The zero-order valence-electron chi connectivity index (χ0n) is 19.3. The fourth-order valence-electron chi connectivity index (χ4n) is 3.23. The summed E-state index contributed by atoms with van der Waals surface area (Å²) in [6.07, 6.45) is 0. The van der Waals surface area contributed by atoms with Gasteiger partial charge in [0.1, 0.15) is 22.9 Å². The van der Waals surface area contributed by atoms with Gasteiger partial charge in [-0.1, -0.05) is 6.07 Å². The summed E-state index contributed by atoms with van der Waals surface area (Å²) in [5, 5.41) is 7.66. The molecule has 0 bridgehead atoms. The number of nitrogens with one attached hydrogen (secondary N) is 1. The number of nitrogens with zero attached hydrogens (tertiary/aromatic N) is 1. The summed E-state index contributed by atoms with van der Waals surface area (Å²) < 4.78 is 61.7. The van der Waals surface area contributed by atoms with Gasteiger partial charge in [-0.3, -0.25) is 9.10 Å². The molecule has 0 heterocycles. The van der Waals surface area contributed by atoms with Crippen LogP contribution in [-0.2, 0) is 24.8 Å². The number of primary sulfonamides is 1. The van der Waals surface area contributed by atoms with Crippen LogP contribution in [0.4, 0.5) is 11.4 Å². The summed E-state index contributed by atoms with van der Waals surface area (Å²) in [5.41, 5.74) is 1.19. The fraction of sp³-hybridized carbons (Fsp3) is 0.174. The van der Waals surface area contributed by atoms with Crippen molar-refractivity contribution in [2.45, 2.75) is 16.7 Å². The Labute approximate surface area is 204 Å². The number of benzene rings is 3. The van der Waals surface area contributed by atoms with E-state index in [9.17, 15) is 21.6 Å². The van der Waals surface area contributed by atoms with Crippen LogP contribution in [0.5, 0.6) is 11.5 Å². The fourth-order valence-corrected chi connectivity index (χ4v) is 5.41. The minimum absolute atomic E-state index is 0.0962. The van der Waals surface area contributed by atoms with Crippen molar-refractivity contribution in [1.82, 2.24) is 0 Å². The normalized spacial score (nSPS) is 11.5. The van der Waals surface area contributed by atoms with E-state index >= 15 is 0 Å². The van der Waals surface area contributed by atoms with Gasteiger partial charge in [0.2, 0.25) is 15.9 Å². The molecule has 0 aromatic heterocycles. The Morgan fingerprint density at radius 2 is 1.54 bits per heavy atom. The average molecular weight is 520 g/mol. The monoisotopic (exact) mass is 519 g/mol. The SMILES string of the molecule is COc1ccc(N(CC(=O)Nc2ccc(S(N)(=O)=O)cc2)S(=O)(=O)c2cc(C)ccc2OC)cc1. The van der Waals surface area contributed by atoms with Gasteiger partial charge in [-0.15, -0.1) is 0 Å². The van der Waals surface area contributed by atoms with Crippen LogP contribution in [0.1, 0.15) is 5.56 Å². The Morgan fingerprint density at radius 1 is 0.914 bits per heavy atom. The van der Waals surface area contributed by atoms with Crippen LogP contribution in [0.3, 0.4) is 0 Å². The first-order valence-electron chi connectivity index (χ1n) is 10.2. The second kappa shape index (κ2) is 10.3. The van der Waals surface area contributed by atoms with Gasteiger partial charge in [-0.05, 0) is 73.2 Å². The van der Waals surface area contributed by atoms with Gasteiger partial charge in [0.05, 0.1) is 24.8 Å². The van der Waals surface area contributed by atoms with Gasteiger partial charge in [0.25, 0.3) is 10.0 Å². The molecule has 0 aliphatic rings. The predicted octanol–water partition coefficient (Wildman–Crippen LogP) is 2.49. The third kappa shape index (κ3) is 6.10. The third-order valence-electron chi connectivity index (χ3n) is 5.00. The molecule has 12 heteroatoms. The van der Waals surface area contributed by atoms with Crippen molar-refractivity contribution < 1.29 is 31.1 Å². The van der Waals surface area contributed by atoms with Crippen molar-refractivity contribution in [3.63, 3.8) is 0 Å². The second-order valence-corrected chi connectivity index (χ2v) is 10.9. The molecule has 3 N–H and O–H groups in total. The number of amides is 1. The third-order valence-corrected chi connectivity index (χ3v) is 7.73. The van der Waals surface area contributed by atoms with E-state index in [2.05, 4.69) is 5.32 Å². The highest BCUT2D eigenvalue weighted by Crippen LogP contribution is 2.31. The average Bonchev–Trinajstić information content (AvgIpc) is 2.82. The molecule has 186 valence electrons. The maximum atomic E-state index is 13.7. The molecule has 0 aliphatic heterocycles. The number of hydrogen-bond donors (Lipinski definition) is 2. The van der Waals surface area contributed by atoms with Crippen LogP contribution < -0.4 is 24.2 Å². The molecule has 0 spiro atoms. The summed E-state index contributed by atoms with van der Waals surface area (Å²) in [5.74, 6) is -0.00824. The van der Waals surface area contributed by atoms with Gasteiger partial charge in [0, 0.05) is 5.69 Å². The summed E-state index contributed by atoms with van der Waals surface area (Å²) in [7, 11) is -5.29. The van der Waals surface area contributed by atoms with E-state index in [1.807, 2.05) is 0 Å². The largest absolute Gasteiger partial charge is 0.497 e. The van der Waals surface area contributed by atoms with E-state index in [4.69, 9.17) is 14.6 Å².